The Labute approximate surface area is 131 Å². The van der Waals surface area contributed by atoms with Crippen molar-refractivity contribution >= 4 is 11.9 Å². The van der Waals surface area contributed by atoms with Crippen molar-refractivity contribution in [1.82, 2.24) is 9.80 Å². The number of nitrogens with two attached hydrogens (primary N) is 1. The van der Waals surface area contributed by atoms with E-state index in [1.807, 2.05) is 37.2 Å². The maximum absolute atomic E-state index is 12.1. The van der Waals surface area contributed by atoms with Gasteiger partial charge in [0, 0.05) is 39.0 Å². The topological polar surface area (TPSA) is 61.9 Å². The van der Waals surface area contributed by atoms with Crippen LogP contribution < -0.4 is 5.73 Å². The Morgan fingerprint density at radius 2 is 2.05 bits per heavy atom. The minimum atomic E-state index is 0.0940. The first-order valence-corrected chi connectivity index (χ1v) is 7.91. The Morgan fingerprint density at radius 3 is 2.68 bits per heavy atom. The second-order valence-corrected chi connectivity index (χ2v) is 6.37. The molecule has 5 nitrogen and oxygen atoms in total. The number of likely N-dealkylation sites (tertiary alicyclic amines) is 1. The maximum atomic E-state index is 12.1. The van der Waals surface area contributed by atoms with Gasteiger partial charge in [-0.15, -0.1) is 0 Å². The van der Waals surface area contributed by atoms with Crippen LogP contribution in [0.15, 0.2) is 35.3 Å². The van der Waals surface area contributed by atoms with Crippen molar-refractivity contribution in [2.24, 2.45) is 16.6 Å². The van der Waals surface area contributed by atoms with Crippen molar-refractivity contribution in [3.05, 3.63) is 35.9 Å². The zero-order chi connectivity index (χ0) is 15.7. The van der Waals surface area contributed by atoms with Gasteiger partial charge in [-0.2, -0.15) is 0 Å². The molecule has 0 aromatic heterocycles. The van der Waals surface area contributed by atoms with Crippen molar-refractivity contribution in [3.8, 4) is 0 Å². The summed E-state index contributed by atoms with van der Waals surface area (Å²) in [4.78, 5) is 20.6. The van der Waals surface area contributed by atoms with Crippen LogP contribution in [0, 0.1) is 5.92 Å². The van der Waals surface area contributed by atoms with Gasteiger partial charge in [0.1, 0.15) is 0 Å². The molecule has 1 heterocycles. The highest BCUT2D eigenvalue weighted by molar-refractivity contribution is 5.80. The van der Waals surface area contributed by atoms with Crippen molar-refractivity contribution in [1.29, 1.82) is 0 Å². The number of amides is 1. The van der Waals surface area contributed by atoms with E-state index >= 15 is 0 Å². The van der Waals surface area contributed by atoms with E-state index in [4.69, 9.17) is 5.73 Å². The molecule has 1 aliphatic heterocycles. The number of rotatable bonds is 4. The minimum Gasteiger partial charge on any atom is -0.370 e. The van der Waals surface area contributed by atoms with Crippen LogP contribution >= 0.6 is 0 Å². The van der Waals surface area contributed by atoms with Crippen LogP contribution in [-0.4, -0.2) is 48.3 Å². The summed E-state index contributed by atoms with van der Waals surface area (Å²) in [6, 6.07) is 10.8. The molecule has 5 heteroatoms. The normalized spacial score (nSPS) is 25.6. The molecule has 22 heavy (non-hydrogen) atoms. The van der Waals surface area contributed by atoms with Crippen LogP contribution in [0.2, 0.25) is 0 Å². The lowest BCUT2D eigenvalue weighted by atomic mass is 9.94. The van der Waals surface area contributed by atoms with Crippen LogP contribution in [-0.2, 0) is 4.79 Å². The Morgan fingerprint density at radius 1 is 1.36 bits per heavy atom. The lowest BCUT2D eigenvalue weighted by molar-refractivity contribution is -0.127. The summed E-state index contributed by atoms with van der Waals surface area (Å²) in [6.45, 7) is 0.596. The van der Waals surface area contributed by atoms with E-state index in [-0.39, 0.29) is 17.9 Å². The molecule has 2 fully saturated rings. The molecule has 1 saturated carbocycles. The Hall–Kier alpha value is -2.04. The lowest BCUT2D eigenvalue weighted by Crippen LogP contribution is -2.36. The standard InChI is InChI=1S/C17H24N4O/c1-20(14-8-9-14)17(18)19-11-13-10-15(22)21(2)16(13)12-6-4-3-5-7-12/h3-7,13-14,16H,8-11H2,1-2H3,(H2,18,19). The van der Waals surface area contributed by atoms with E-state index in [0.29, 0.717) is 25.0 Å². The number of hydrogen-bond donors (Lipinski definition) is 1. The second-order valence-electron chi connectivity index (χ2n) is 6.37. The predicted molar refractivity (Wildman–Crippen MR) is 87.3 cm³/mol. The Kier molecular flexibility index (Phi) is 4.05. The highest BCUT2D eigenvalue weighted by Crippen LogP contribution is 2.37. The number of guanidine groups is 1. The third-order valence-electron chi connectivity index (χ3n) is 4.78. The molecule has 1 aromatic rings. The quantitative estimate of drug-likeness (QED) is 0.679. The molecule has 0 spiro atoms. The number of carbonyl (C=O) groups is 1. The van der Waals surface area contributed by atoms with E-state index in [1.165, 1.54) is 18.4 Å². The first-order valence-electron chi connectivity index (χ1n) is 7.91. The van der Waals surface area contributed by atoms with Gasteiger partial charge in [0.15, 0.2) is 5.96 Å². The number of benzene rings is 1. The molecule has 118 valence electrons. The molecule has 2 unspecified atom stereocenters. The van der Waals surface area contributed by atoms with Crippen molar-refractivity contribution in [3.63, 3.8) is 0 Å². The van der Waals surface area contributed by atoms with Gasteiger partial charge in [0.2, 0.25) is 5.91 Å². The van der Waals surface area contributed by atoms with Crippen molar-refractivity contribution in [2.45, 2.75) is 31.3 Å². The molecular weight excluding hydrogens is 276 g/mol. The highest BCUT2D eigenvalue weighted by atomic mass is 16.2. The van der Waals surface area contributed by atoms with Gasteiger partial charge in [-0.25, -0.2) is 0 Å². The molecule has 1 amide bonds. The summed E-state index contributed by atoms with van der Waals surface area (Å²) >= 11 is 0. The fraction of sp³-hybridized carbons (Fsp3) is 0.529. The summed E-state index contributed by atoms with van der Waals surface area (Å²) in [5.74, 6) is 0.963. The van der Waals surface area contributed by atoms with Gasteiger partial charge in [-0.1, -0.05) is 30.3 Å². The number of nitrogens with zero attached hydrogens (tertiary/aromatic N) is 3. The van der Waals surface area contributed by atoms with Gasteiger partial charge < -0.3 is 15.5 Å². The van der Waals surface area contributed by atoms with Crippen LogP contribution in [0.25, 0.3) is 0 Å². The molecule has 0 bridgehead atoms. The summed E-state index contributed by atoms with van der Waals surface area (Å²) in [7, 11) is 3.88. The van der Waals surface area contributed by atoms with Crippen molar-refractivity contribution in [2.75, 3.05) is 20.6 Å². The molecule has 2 N–H and O–H groups in total. The summed E-state index contributed by atoms with van der Waals surface area (Å²) in [6.07, 6.45) is 2.94. The fourth-order valence-corrected chi connectivity index (χ4v) is 3.23. The van der Waals surface area contributed by atoms with Gasteiger partial charge >= 0.3 is 0 Å². The number of aliphatic imine (C=N–C) groups is 1. The molecule has 2 atom stereocenters. The molecule has 2 aliphatic rings. The third-order valence-corrected chi connectivity index (χ3v) is 4.78. The average Bonchev–Trinajstić information content (AvgIpc) is 3.33. The minimum absolute atomic E-state index is 0.0940. The molecular formula is C17H24N4O. The van der Waals surface area contributed by atoms with Gasteiger partial charge in [0.05, 0.1) is 6.04 Å². The largest absolute Gasteiger partial charge is 0.370 e. The maximum Gasteiger partial charge on any atom is 0.223 e. The first kappa shape index (κ1) is 14.9. The van der Waals surface area contributed by atoms with Gasteiger partial charge in [0.25, 0.3) is 0 Å². The summed E-state index contributed by atoms with van der Waals surface area (Å²) in [5, 5.41) is 0. The fourth-order valence-electron chi connectivity index (χ4n) is 3.23. The Bertz CT molecular complexity index is 567. The average molecular weight is 300 g/mol. The smallest absolute Gasteiger partial charge is 0.223 e. The van der Waals surface area contributed by atoms with E-state index in [2.05, 4.69) is 22.0 Å². The number of hydrogen-bond acceptors (Lipinski definition) is 2. The molecule has 0 radical (unpaired) electrons. The lowest BCUT2D eigenvalue weighted by Gasteiger charge is -2.25. The monoisotopic (exact) mass is 300 g/mol. The first-order chi connectivity index (χ1) is 10.6. The molecule has 1 saturated heterocycles. The third kappa shape index (κ3) is 2.93. The highest BCUT2D eigenvalue weighted by Gasteiger charge is 2.38. The van der Waals surface area contributed by atoms with E-state index < -0.39 is 0 Å². The van der Waals surface area contributed by atoms with E-state index in [0.717, 1.165) is 0 Å². The number of carbonyl (C=O) groups excluding carboxylic acids is 1. The van der Waals surface area contributed by atoms with Gasteiger partial charge in [-0.05, 0) is 18.4 Å². The SMILES string of the molecule is CN(C(N)=NCC1CC(=O)N(C)C1c1ccccc1)C1CC1. The molecule has 3 rings (SSSR count). The summed E-state index contributed by atoms with van der Waals surface area (Å²) < 4.78 is 0. The van der Waals surface area contributed by atoms with Crippen LogP contribution in [0.3, 0.4) is 0 Å². The van der Waals surface area contributed by atoms with Crippen molar-refractivity contribution < 1.29 is 4.79 Å². The van der Waals surface area contributed by atoms with Gasteiger partial charge in [-0.3, -0.25) is 9.79 Å². The molecule has 1 aliphatic carbocycles. The van der Waals surface area contributed by atoms with E-state index in [9.17, 15) is 4.79 Å². The van der Waals surface area contributed by atoms with Crippen LogP contribution in [0.1, 0.15) is 30.9 Å². The summed E-state index contributed by atoms with van der Waals surface area (Å²) in [5.41, 5.74) is 7.24. The predicted octanol–water partition coefficient (Wildman–Crippen LogP) is 1.61. The van der Waals surface area contributed by atoms with Crippen LogP contribution in [0.5, 0.6) is 0 Å². The van der Waals surface area contributed by atoms with E-state index in [1.54, 1.807) is 0 Å². The second kappa shape index (κ2) is 5.99. The molecule has 1 aromatic carbocycles. The zero-order valence-corrected chi connectivity index (χ0v) is 13.3. The Balaban J connectivity index is 1.73. The van der Waals surface area contributed by atoms with Crippen LogP contribution in [0.4, 0.5) is 0 Å². The zero-order valence-electron chi connectivity index (χ0n) is 13.3.